The number of hydrogen-bond donors (Lipinski definition) is 1. The molecule has 1 N–H and O–H groups in total. The zero-order valence-corrected chi connectivity index (χ0v) is 14.9. The molecule has 0 atom stereocenters. The van der Waals surface area contributed by atoms with Crippen LogP contribution in [-0.2, 0) is 10.0 Å². The van der Waals surface area contributed by atoms with Gasteiger partial charge in [0.2, 0.25) is 11.7 Å². The van der Waals surface area contributed by atoms with Gasteiger partial charge in [-0.25, -0.2) is 8.42 Å². The highest BCUT2D eigenvalue weighted by Gasteiger charge is 2.22. The predicted molar refractivity (Wildman–Crippen MR) is 90.9 cm³/mol. The summed E-state index contributed by atoms with van der Waals surface area (Å²) in [6.45, 7) is 3.42. The summed E-state index contributed by atoms with van der Waals surface area (Å²) in [5.41, 5.74) is 0.428. The highest BCUT2D eigenvalue weighted by atomic mass is 32.2. The van der Waals surface area contributed by atoms with Gasteiger partial charge in [-0.15, -0.1) is 11.3 Å². The van der Waals surface area contributed by atoms with E-state index in [9.17, 15) is 8.42 Å². The Balaban J connectivity index is 1.93. The Bertz CT molecular complexity index is 976. The maximum atomic E-state index is 12.7. The number of hydrogen-bond acceptors (Lipinski definition) is 7. The second-order valence-electron chi connectivity index (χ2n) is 5.01. The van der Waals surface area contributed by atoms with E-state index in [1.54, 1.807) is 44.2 Å². The summed E-state index contributed by atoms with van der Waals surface area (Å²) in [6, 6.07) is 8.27. The van der Waals surface area contributed by atoms with Crippen LogP contribution in [-0.4, -0.2) is 25.7 Å². The molecule has 126 valence electrons. The van der Waals surface area contributed by atoms with Crippen LogP contribution in [0.25, 0.3) is 10.7 Å². The first-order valence-corrected chi connectivity index (χ1v) is 9.27. The molecular weight excluding hydrogens is 350 g/mol. The molecule has 9 heteroatoms. The first-order chi connectivity index (χ1) is 11.4. The number of rotatable bonds is 5. The lowest BCUT2D eigenvalue weighted by molar-refractivity contribution is 0.394. The molecule has 3 aromatic rings. The van der Waals surface area contributed by atoms with Crippen molar-refractivity contribution in [2.45, 2.75) is 18.7 Å². The predicted octanol–water partition coefficient (Wildman–Crippen LogP) is 3.22. The minimum Gasteiger partial charge on any atom is -0.497 e. The molecule has 0 bridgehead atoms. The van der Waals surface area contributed by atoms with E-state index in [1.807, 2.05) is 0 Å². The molecule has 0 fully saturated rings. The van der Waals surface area contributed by atoms with E-state index < -0.39 is 10.0 Å². The number of nitrogens with zero attached hydrogens (tertiary/aromatic N) is 2. The van der Waals surface area contributed by atoms with Crippen LogP contribution in [0.3, 0.4) is 0 Å². The van der Waals surface area contributed by atoms with Gasteiger partial charge in [0.25, 0.3) is 10.0 Å². The van der Waals surface area contributed by atoms with Gasteiger partial charge < -0.3 is 9.26 Å². The number of sulfonamides is 1. The monoisotopic (exact) mass is 365 g/mol. The normalized spacial score (nSPS) is 11.5. The Hall–Kier alpha value is -2.39. The van der Waals surface area contributed by atoms with Crippen molar-refractivity contribution in [3.63, 3.8) is 0 Å². The van der Waals surface area contributed by atoms with Crippen molar-refractivity contribution in [1.82, 2.24) is 10.1 Å². The average Bonchev–Trinajstić information content (AvgIpc) is 3.13. The summed E-state index contributed by atoms with van der Waals surface area (Å²) in [5, 5.41) is 3.82. The van der Waals surface area contributed by atoms with Crippen molar-refractivity contribution < 1.29 is 17.7 Å². The molecule has 0 saturated carbocycles. The molecule has 1 aromatic carbocycles. The van der Waals surface area contributed by atoms with Gasteiger partial charge in [-0.2, -0.15) is 4.98 Å². The molecule has 0 radical (unpaired) electrons. The fourth-order valence-corrected chi connectivity index (χ4v) is 4.71. The minimum absolute atomic E-state index is 0.188. The molecule has 0 saturated heterocycles. The molecule has 0 spiro atoms. The number of thiophene rings is 1. The van der Waals surface area contributed by atoms with Gasteiger partial charge >= 0.3 is 0 Å². The highest BCUT2D eigenvalue weighted by molar-refractivity contribution is 7.93. The Morgan fingerprint density at radius 2 is 2.04 bits per heavy atom. The number of ether oxygens (including phenoxy) is 1. The summed E-state index contributed by atoms with van der Waals surface area (Å²) >= 11 is 1.30. The van der Waals surface area contributed by atoms with Crippen molar-refractivity contribution in [3.8, 4) is 16.5 Å². The fourth-order valence-electron chi connectivity index (χ4n) is 2.14. The summed E-state index contributed by atoms with van der Waals surface area (Å²) in [4.78, 5) is 5.59. The third-order valence-electron chi connectivity index (χ3n) is 3.23. The van der Waals surface area contributed by atoms with Crippen LogP contribution in [0.1, 0.15) is 10.8 Å². The molecule has 2 aromatic heterocycles. The Morgan fingerprint density at radius 1 is 1.25 bits per heavy atom. The van der Waals surface area contributed by atoms with E-state index in [2.05, 4.69) is 14.9 Å². The lowest BCUT2D eigenvalue weighted by Gasteiger charge is -2.08. The van der Waals surface area contributed by atoms with Gasteiger partial charge in [0.05, 0.1) is 17.7 Å². The molecule has 2 heterocycles. The van der Waals surface area contributed by atoms with Gasteiger partial charge in [0, 0.05) is 17.9 Å². The van der Waals surface area contributed by atoms with Crippen LogP contribution in [0.15, 0.2) is 39.8 Å². The van der Waals surface area contributed by atoms with Crippen molar-refractivity contribution >= 4 is 27.0 Å². The van der Waals surface area contributed by atoms with Crippen molar-refractivity contribution in [3.05, 3.63) is 41.1 Å². The Morgan fingerprint density at radius 3 is 2.71 bits per heavy atom. The second kappa shape index (κ2) is 6.25. The van der Waals surface area contributed by atoms with Crippen LogP contribution < -0.4 is 9.46 Å². The number of anilines is 1. The molecule has 0 unspecified atom stereocenters. The quantitative estimate of drug-likeness (QED) is 0.746. The van der Waals surface area contributed by atoms with E-state index in [0.717, 1.165) is 0 Å². The van der Waals surface area contributed by atoms with Crippen molar-refractivity contribution in [2.24, 2.45) is 0 Å². The zero-order valence-electron chi connectivity index (χ0n) is 13.2. The van der Waals surface area contributed by atoms with Gasteiger partial charge in [-0.05, 0) is 25.1 Å². The molecule has 0 aliphatic rings. The summed E-state index contributed by atoms with van der Waals surface area (Å²) in [6.07, 6.45) is 0. The average molecular weight is 365 g/mol. The zero-order chi connectivity index (χ0) is 17.3. The summed E-state index contributed by atoms with van der Waals surface area (Å²) < 4.78 is 37.9. The lowest BCUT2D eigenvalue weighted by atomic mass is 10.3. The van der Waals surface area contributed by atoms with Gasteiger partial charge in [0.1, 0.15) is 10.6 Å². The van der Waals surface area contributed by atoms with E-state index in [4.69, 9.17) is 9.26 Å². The number of aryl methyl sites for hydroxylation is 2. The molecule has 3 rings (SSSR count). The van der Waals surface area contributed by atoms with Gasteiger partial charge in [0.15, 0.2) is 0 Å². The fraction of sp³-hybridized carbons (Fsp3) is 0.200. The van der Waals surface area contributed by atoms with E-state index in [0.29, 0.717) is 32.9 Å². The Labute approximate surface area is 143 Å². The maximum absolute atomic E-state index is 12.7. The maximum Gasteiger partial charge on any atom is 0.263 e. The third-order valence-corrected chi connectivity index (χ3v) is 5.91. The molecule has 0 amide bonds. The van der Waals surface area contributed by atoms with E-state index in [-0.39, 0.29) is 4.90 Å². The van der Waals surface area contributed by atoms with E-state index >= 15 is 0 Å². The minimum atomic E-state index is -3.73. The largest absolute Gasteiger partial charge is 0.497 e. The van der Waals surface area contributed by atoms with Crippen LogP contribution in [0.2, 0.25) is 0 Å². The summed E-state index contributed by atoms with van der Waals surface area (Å²) in [5.74, 6) is 1.37. The Kier molecular flexibility index (Phi) is 4.29. The standard InChI is InChI=1S/C15H15N3O4S2/c1-9-14(8-13(23-9)15-16-10(2)22-17-15)24(19,20)18-11-5-4-6-12(7-11)21-3/h4-8,18H,1-3H3. The van der Waals surface area contributed by atoms with Crippen LogP contribution in [0, 0.1) is 13.8 Å². The molecule has 0 aliphatic carbocycles. The first-order valence-electron chi connectivity index (χ1n) is 6.97. The van der Waals surface area contributed by atoms with Crippen LogP contribution >= 0.6 is 11.3 Å². The topological polar surface area (TPSA) is 94.3 Å². The molecule has 24 heavy (non-hydrogen) atoms. The van der Waals surface area contributed by atoms with Crippen molar-refractivity contribution in [2.75, 3.05) is 11.8 Å². The number of methoxy groups -OCH3 is 1. The lowest BCUT2D eigenvalue weighted by Crippen LogP contribution is -2.13. The molecular formula is C15H15N3O4S2. The highest BCUT2D eigenvalue weighted by Crippen LogP contribution is 2.33. The van der Waals surface area contributed by atoms with Crippen LogP contribution in [0.5, 0.6) is 5.75 Å². The van der Waals surface area contributed by atoms with Gasteiger partial charge in [-0.3, -0.25) is 4.72 Å². The van der Waals surface area contributed by atoms with Crippen LogP contribution in [0.4, 0.5) is 5.69 Å². The van der Waals surface area contributed by atoms with Gasteiger partial charge in [-0.1, -0.05) is 11.2 Å². The number of aromatic nitrogens is 2. The summed E-state index contributed by atoms with van der Waals surface area (Å²) in [7, 11) is -2.21. The third kappa shape index (κ3) is 3.26. The second-order valence-corrected chi connectivity index (χ2v) is 7.91. The number of benzene rings is 1. The number of nitrogens with one attached hydrogen (secondary N) is 1. The smallest absolute Gasteiger partial charge is 0.263 e. The first kappa shape index (κ1) is 16.5. The SMILES string of the molecule is COc1cccc(NS(=O)(=O)c2cc(-c3noc(C)n3)sc2C)c1. The van der Waals surface area contributed by atoms with E-state index in [1.165, 1.54) is 18.4 Å². The molecule has 7 nitrogen and oxygen atoms in total. The molecule has 0 aliphatic heterocycles. The van der Waals surface area contributed by atoms with Crippen molar-refractivity contribution in [1.29, 1.82) is 0 Å².